The maximum atomic E-state index is 10.7. The molecule has 2 atom stereocenters. The Morgan fingerprint density at radius 1 is 1.50 bits per heavy atom. The molecule has 72 valence electrons. The molecule has 0 radical (unpaired) electrons. The number of thioether (sulfide) groups is 1. The average Bonchev–Trinajstić information content (AvgIpc) is 2.00. The summed E-state index contributed by atoms with van der Waals surface area (Å²) in [5, 5.41) is 0.525. The van der Waals surface area contributed by atoms with Crippen molar-refractivity contribution < 1.29 is 4.79 Å². The Kier molecular flexibility index (Phi) is 6.20. The molecule has 0 heterocycles. The average molecular weight is 190 g/mol. The minimum absolute atomic E-state index is 0.0322. The van der Waals surface area contributed by atoms with Crippen LogP contribution >= 0.6 is 11.8 Å². The second-order valence-corrected chi connectivity index (χ2v) is 4.50. The summed E-state index contributed by atoms with van der Waals surface area (Å²) in [6.45, 7) is 4.68. The third-order valence-electron chi connectivity index (χ3n) is 1.69. The highest BCUT2D eigenvalue weighted by Gasteiger charge is 2.10. The molecule has 0 aromatic heterocycles. The van der Waals surface area contributed by atoms with Crippen LogP contribution in [0.5, 0.6) is 0 Å². The number of rotatable bonds is 6. The van der Waals surface area contributed by atoms with E-state index in [0.29, 0.717) is 11.8 Å². The van der Waals surface area contributed by atoms with Crippen LogP contribution in [0.15, 0.2) is 0 Å². The van der Waals surface area contributed by atoms with Gasteiger partial charge in [-0.05, 0) is 13.0 Å². The van der Waals surface area contributed by atoms with Crippen LogP contribution in [0.25, 0.3) is 0 Å². The Bertz CT molecular complexity index is 141. The predicted octanol–water partition coefficient (Wildman–Crippen LogP) is 0.578. The lowest BCUT2D eigenvalue weighted by Gasteiger charge is -2.11. The predicted molar refractivity (Wildman–Crippen MR) is 53.9 cm³/mol. The van der Waals surface area contributed by atoms with E-state index in [9.17, 15) is 4.79 Å². The van der Waals surface area contributed by atoms with E-state index in [1.807, 2.05) is 6.92 Å². The van der Waals surface area contributed by atoms with Gasteiger partial charge in [-0.2, -0.15) is 11.8 Å². The molecule has 0 fully saturated rings. The molecule has 1 amide bonds. The zero-order valence-electron chi connectivity index (χ0n) is 7.75. The highest BCUT2D eigenvalue weighted by Crippen LogP contribution is 2.16. The summed E-state index contributed by atoms with van der Waals surface area (Å²) < 4.78 is 0. The highest BCUT2D eigenvalue weighted by molar-refractivity contribution is 7.99. The van der Waals surface area contributed by atoms with E-state index in [1.54, 1.807) is 11.8 Å². The van der Waals surface area contributed by atoms with E-state index in [-0.39, 0.29) is 11.8 Å². The third-order valence-corrected chi connectivity index (χ3v) is 3.19. The second-order valence-electron chi connectivity index (χ2n) is 3.02. The molecule has 4 heteroatoms. The summed E-state index contributed by atoms with van der Waals surface area (Å²) in [6, 6.07) is 0. The van der Waals surface area contributed by atoms with Gasteiger partial charge in [0.05, 0.1) is 0 Å². The molecule has 12 heavy (non-hydrogen) atoms. The first-order valence-electron chi connectivity index (χ1n) is 4.19. The number of hydrogen-bond donors (Lipinski definition) is 2. The van der Waals surface area contributed by atoms with Gasteiger partial charge in [0.2, 0.25) is 5.91 Å². The Balaban J connectivity index is 3.46. The molecular weight excluding hydrogens is 172 g/mol. The minimum Gasteiger partial charge on any atom is -0.369 e. The first-order chi connectivity index (χ1) is 5.57. The number of primary amides is 1. The van der Waals surface area contributed by atoms with Gasteiger partial charge in [0.25, 0.3) is 0 Å². The minimum atomic E-state index is -0.220. The van der Waals surface area contributed by atoms with Gasteiger partial charge >= 0.3 is 0 Å². The maximum absolute atomic E-state index is 10.7. The summed E-state index contributed by atoms with van der Waals surface area (Å²) in [7, 11) is 0. The topological polar surface area (TPSA) is 69.1 Å². The molecule has 0 saturated carbocycles. The summed E-state index contributed by atoms with van der Waals surface area (Å²) >= 11 is 1.76. The molecule has 0 aromatic carbocycles. The zero-order valence-corrected chi connectivity index (χ0v) is 8.56. The van der Waals surface area contributed by atoms with Crippen molar-refractivity contribution in [2.24, 2.45) is 17.4 Å². The van der Waals surface area contributed by atoms with Crippen molar-refractivity contribution in [3.63, 3.8) is 0 Å². The van der Waals surface area contributed by atoms with Crippen LogP contribution < -0.4 is 11.5 Å². The Hall–Kier alpha value is -0.220. The van der Waals surface area contributed by atoms with Crippen molar-refractivity contribution in [2.75, 3.05) is 12.3 Å². The molecule has 0 saturated heterocycles. The molecule has 0 aliphatic carbocycles. The molecule has 3 nitrogen and oxygen atoms in total. The van der Waals surface area contributed by atoms with Crippen molar-refractivity contribution in [1.29, 1.82) is 0 Å². The number of carbonyl (C=O) groups is 1. The lowest BCUT2D eigenvalue weighted by atomic mass is 10.2. The molecular formula is C8H18N2OS. The van der Waals surface area contributed by atoms with Gasteiger partial charge in [-0.3, -0.25) is 4.79 Å². The van der Waals surface area contributed by atoms with E-state index in [0.717, 1.165) is 12.2 Å². The largest absolute Gasteiger partial charge is 0.369 e. The zero-order chi connectivity index (χ0) is 9.56. The van der Waals surface area contributed by atoms with E-state index in [4.69, 9.17) is 11.5 Å². The smallest absolute Gasteiger partial charge is 0.221 e. The normalized spacial score (nSPS) is 15.6. The van der Waals surface area contributed by atoms with E-state index >= 15 is 0 Å². The lowest BCUT2D eigenvalue weighted by Crippen LogP contribution is -2.23. The van der Waals surface area contributed by atoms with Gasteiger partial charge in [0, 0.05) is 16.9 Å². The van der Waals surface area contributed by atoms with E-state index in [1.165, 1.54) is 0 Å². The Labute approximate surface area is 78.3 Å². The van der Waals surface area contributed by atoms with Crippen LogP contribution in [0, 0.1) is 5.92 Å². The van der Waals surface area contributed by atoms with Crippen molar-refractivity contribution in [3.8, 4) is 0 Å². The fourth-order valence-corrected chi connectivity index (χ4v) is 1.79. The molecule has 2 unspecified atom stereocenters. The molecule has 0 rings (SSSR count). The number of nitrogens with two attached hydrogens (primary N) is 2. The highest BCUT2D eigenvalue weighted by atomic mass is 32.2. The van der Waals surface area contributed by atoms with Gasteiger partial charge < -0.3 is 11.5 Å². The summed E-state index contributed by atoms with van der Waals surface area (Å²) in [4.78, 5) is 10.7. The van der Waals surface area contributed by atoms with Crippen LogP contribution in [-0.2, 0) is 4.79 Å². The van der Waals surface area contributed by atoms with Crippen molar-refractivity contribution in [2.45, 2.75) is 25.5 Å². The van der Waals surface area contributed by atoms with Crippen LogP contribution in [0.3, 0.4) is 0 Å². The number of amides is 1. The molecule has 0 aliphatic heterocycles. The molecule has 0 spiro atoms. The van der Waals surface area contributed by atoms with E-state index in [2.05, 4.69) is 6.92 Å². The van der Waals surface area contributed by atoms with E-state index < -0.39 is 0 Å². The Morgan fingerprint density at radius 3 is 2.50 bits per heavy atom. The molecule has 0 aliphatic rings. The summed E-state index contributed by atoms with van der Waals surface area (Å²) in [5.74, 6) is 0.550. The first kappa shape index (κ1) is 11.8. The summed E-state index contributed by atoms with van der Waals surface area (Å²) in [6.07, 6.45) is 0.996. The fraction of sp³-hybridized carbons (Fsp3) is 0.875. The molecule has 4 N–H and O–H groups in total. The quantitative estimate of drug-likeness (QED) is 0.643. The van der Waals surface area contributed by atoms with Crippen LogP contribution in [0.1, 0.15) is 20.3 Å². The number of hydrogen-bond acceptors (Lipinski definition) is 3. The van der Waals surface area contributed by atoms with Crippen molar-refractivity contribution in [3.05, 3.63) is 0 Å². The summed E-state index contributed by atoms with van der Waals surface area (Å²) in [5.41, 5.74) is 10.5. The molecule has 0 bridgehead atoms. The van der Waals surface area contributed by atoms with Gasteiger partial charge in [-0.15, -0.1) is 0 Å². The van der Waals surface area contributed by atoms with Crippen LogP contribution in [0.2, 0.25) is 0 Å². The second kappa shape index (κ2) is 6.31. The van der Waals surface area contributed by atoms with Crippen LogP contribution in [-0.4, -0.2) is 23.5 Å². The van der Waals surface area contributed by atoms with Crippen molar-refractivity contribution >= 4 is 17.7 Å². The first-order valence-corrected chi connectivity index (χ1v) is 5.23. The Morgan fingerprint density at radius 2 is 2.08 bits per heavy atom. The van der Waals surface area contributed by atoms with Gasteiger partial charge in [0.15, 0.2) is 0 Å². The third kappa shape index (κ3) is 5.43. The molecule has 0 aromatic rings. The maximum Gasteiger partial charge on any atom is 0.221 e. The number of carbonyl (C=O) groups excluding carboxylic acids is 1. The monoisotopic (exact) mass is 190 g/mol. The SMILES string of the molecule is CC(CCN)SCC(C)C(N)=O. The van der Waals surface area contributed by atoms with Crippen molar-refractivity contribution in [1.82, 2.24) is 0 Å². The standard InChI is InChI=1S/C8H18N2OS/c1-6(8(10)11)5-12-7(2)3-4-9/h6-7H,3-5,9H2,1-2H3,(H2,10,11). The van der Waals surface area contributed by atoms with Gasteiger partial charge in [0.1, 0.15) is 0 Å². The fourth-order valence-electron chi connectivity index (χ4n) is 0.709. The lowest BCUT2D eigenvalue weighted by molar-refractivity contribution is -0.120. The van der Waals surface area contributed by atoms with Gasteiger partial charge in [-0.1, -0.05) is 13.8 Å². The van der Waals surface area contributed by atoms with Crippen LogP contribution in [0.4, 0.5) is 0 Å². The van der Waals surface area contributed by atoms with Gasteiger partial charge in [-0.25, -0.2) is 0 Å².